The molecule has 5 rings (SSSR count). The summed E-state index contributed by atoms with van der Waals surface area (Å²) < 4.78 is 0. The van der Waals surface area contributed by atoms with Crippen molar-refractivity contribution in [3.8, 4) is 0 Å². The van der Waals surface area contributed by atoms with Crippen molar-refractivity contribution in [2.45, 2.75) is 97.1 Å². The van der Waals surface area contributed by atoms with E-state index in [4.69, 9.17) is 0 Å². The Morgan fingerprint density at radius 1 is 0.912 bits per heavy atom. The Balaban J connectivity index is 1.42. The molecule has 3 atom stereocenters. The monoisotopic (exact) mass is 458 g/mol. The molecule has 0 aromatic heterocycles. The minimum atomic E-state index is 0.264. The molecule has 3 nitrogen and oxygen atoms in total. The van der Waals surface area contributed by atoms with Gasteiger partial charge in [-0.15, -0.1) is 0 Å². The van der Waals surface area contributed by atoms with Crippen molar-refractivity contribution >= 4 is 11.6 Å². The number of nitrogens with zero attached hydrogens (tertiary/aromatic N) is 1. The molecule has 0 radical (unpaired) electrons. The number of piperidine rings is 1. The van der Waals surface area contributed by atoms with Gasteiger partial charge in [-0.3, -0.25) is 4.79 Å². The normalized spacial score (nSPS) is 24.0. The summed E-state index contributed by atoms with van der Waals surface area (Å²) in [5.41, 5.74) is 7.47. The van der Waals surface area contributed by atoms with Gasteiger partial charge in [0.25, 0.3) is 5.91 Å². The molecule has 1 amide bonds. The van der Waals surface area contributed by atoms with Crippen LogP contribution in [0.25, 0.3) is 0 Å². The first-order valence-corrected chi connectivity index (χ1v) is 13.8. The third-order valence-electron chi connectivity index (χ3n) is 8.96. The van der Waals surface area contributed by atoms with Crippen LogP contribution in [0.2, 0.25) is 0 Å². The van der Waals surface area contributed by atoms with Crippen LogP contribution >= 0.6 is 0 Å². The van der Waals surface area contributed by atoms with E-state index in [1.165, 1.54) is 74.6 Å². The zero-order valence-electron chi connectivity index (χ0n) is 21.4. The summed E-state index contributed by atoms with van der Waals surface area (Å²) in [6.45, 7) is 7.45. The number of hydrogen-bond acceptors (Lipinski definition) is 2. The van der Waals surface area contributed by atoms with E-state index in [1.54, 1.807) is 0 Å². The highest BCUT2D eigenvalue weighted by Crippen LogP contribution is 2.40. The van der Waals surface area contributed by atoms with Crippen LogP contribution in [0.5, 0.6) is 0 Å². The van der Waals surface area contributed by atoms with Gasteiger partial charge in [-0.25, -0.2) is 0 Å². The standard InChI is InChI=1S/C31H42N2O/c1-21-10-7-11-22(2)29(21)31(34)33-19-9-16-28(30(33)25-12-5-4-6-13-25)23(3)32-27-18-17-24-14-8-15-26(24)20-27/h7,10-11,17-18,20,23,25,28,30,32H,4-6,8-9,12-16,19H2,1-3H3. The number of rotatable bonds is 5. The lowest BCUT2D eigenvalue weighted by atomic mass is 9.72. The van der Waals surface area contributed by atoms with Gasteiger partial charge < -0.3 is 10.2 Å². The fourth-order valence-corrected chi connectivity index (χ4v) is 7.24. The second-order valence-electron chi connectivity index (χ2n) is 11.2. The minimum absolute atomic E-state index is 0.264. The second-order valence-corrected chi connectivity index (χ2v) is 11.2. The molecule has 182 valence electrons. The van der Waals surface area contributed by atoms with Crippen LogP contribution in [-0.4, -0.2) is 29.4 Å². The molecule has 1 saturated heterocycles. The lowest BCUT2D eigenvalue weighted by molar-refractivity contribution is 0.0232. The average Bonchev–Trinajstić information content (AvgIpc) is 3.32. The van der Waals surface area contributed by atoms with Crippen molar-refractivity contribution in [1.82, 2.24) is 4.90 Å². The third-order valence-corrected chi connectivity index (χ3v) is 8.96. The number of nitrogens with one attached hydrogen (secondary N) is 1. The van der Waals surface area contributed by atoms with E-state index in [2.05, 4.69) is 67.4 Å². The summed E-state index contributed by atoms with van der Waals surface area (Å²) in [7, 11) is 0. The zero-order chi connectivity index (χ0) is 23.7. The first kappa shape index (κ1) is 23.5. The van der Waals surface area contributed by atoms with Crippen molar-refractivity contribution in [2.24, 2.45) is 11.8 Å². The zero-order valence-corrected chi connectivity index (χ0v) is 21.4. The first-order chi connectivity index (χ1) is 16.5. The molecule has 0 spiro atoms. The Bertz CT molecular complexity index is 1000. The molecule has 3 aliphatic rings. The SMILES string of the molecule is Cc1cccc(C)c1C(=O)N1CCCC(C(C)Nc2ccc3c(c2)CCC3)C1C1CCCCC1. The molecule has 2 aromatic rings. The van der Waals surface area contributed by atoms with E-state index < -0.39 is 0 Å². The minimum Gasteiger partial charge on any atom is -0.382 e. The van der Waals surface area contributed by atoms with Crippen molar-refractivity contribution in [3.05, 3.63) is 64.2 Å². The van der Waals surface area contributed by atoms with Gasteiger partial charge in [0.15, 0.2) is 0 Å². The molecule has 2 aliphatic carbocycles. The maximum absolute atomic E-state index is 14.1. The number of aryl methyl sites for hydroxylation is 4. The van der Waals surface area contributed by atoms with Gasteiger partial charge in [-0.2, -0.15) is 0 Å². The van der Waals surface area contributed by atoms with E-state index in [0.717, 1.165) is 29.7 Å². The Morgan fingerprint density at radius 2 is 1.65 bits per heavy atom. The van der Waals surface area contributed by atoms with E-state index in [1.807, 2.05) is 0 Å². The molecule has 2 aromatic carbocycles. The summed E-state index contributed by atoms with van der Waals surface area (Å²) in [6.07, 6.45) is 12.5. The number of fused-ring (bicyclic) bond motifs is 1. The van der Waals surface area contributed by atoms with Gasteiger partial charge in [0.1, 0.15) is 0 Å². The van der Waals surface area contributed by atoms with Gasteiger partial charge in [-0.05, 0) is 112 Å². The van der Waals surface area contributed by atoms with Gasteiger partial charge in [-0.1, -0.05) is 43.5 Å². The van der Waals surface area contributed by atoms with Crippen molar-refractivity contribution in [3.63, 3.8) is 0 Å². The Kier molecular flexibility index (Phi) is 6.99. The number of benzene rings is 2. The van der Waals surface area contributed by atoms with Gasteiger partial charge in [0, 0.05) is 29.9 Å². The fraction of sp³-hybridized carbons (Fsp3) is 0.581. The predicted molar refractivity (Wildman–Crippen MR) is 142 cm³/mol. The smallest absolute Gasteiger partial charge is 0.254 e. The van der Waals surface area contributed by atoms with Crippen LogP contribution < -0.4 is 5.32 Å². The lowest BCUT2D eigenvalue weighted by Gasteiger charge is -2.49. The number of anilines is 1. The summed E-state index contributed by atoms with van der Waals surface area (Å²) in [6, 6.07) is 13.9. The average molecular weight is 459 g/mol. The van der Waals surface area contributed by atoms with Crippen molar-refractivity contribution < 1.29 is 4.79 Å². The van der Waals surface area contributed by atoms with E-state index in [-0.39, 0.29) is 5.91 Å². The highest BCUT2D eigenvalue weighted by Gasteiger charge is 2.42. The van der Waals surface area contributed by atoms with Gasteiger partial charge in [0.05, 0.1) is 0 Å². The summed E-state index contributed by atoms with van der Waals surface area (Å²) in [4.78, 5) is 16.4. The molecular formula is C31H42N2O. The van der Waals surface area contributed by atoms with E-state index in [0.29, 0.717) is 23.9 Å². The number of likely N-dealkylation sites (tertiary alicyclic amines) is 1. The molecule has 1 heterocycles. The summed E-state index contributed by atoms with van der Waals surface area (Å²) in [5, 5.41) is 3.89. The first-order valence-electron chi connectivity index (χ1n) is 13.8. The summed E-state index contributed by atoms with van der Waals surface area (Å²) >= 11 is 0. The highest BCUT2D eigenvalue weighted by molar-refractivity contribution is 5.97. The predicted octanol–water partition coefficient (Wildman–Crippen LogP) is 7.09. The molecule has 1 N–H and O–H groups in total. The van der Waals surface area contributed by atoms with E-state index in [9.17, 15) is 4.79 Å². The van der Waals surface area contributed by atoms with E-state index >= 15 is 0 Å². The number of amides is 1. The quantitative estimate of drug-likeness (QED) is 0.518. The highest BCUT2D eigenvalue weighted by atomic mass is 16.2. The fourth-order valence-electron chi connectivity index (χ4n) is 7.24. The van der Waals surface area contributed by atoms with Crippen molar-refractivity contribution in [1.29, 1.82) is 0 Å². The van der Waals surface area contributed by atoms with Crippen LogP contribution in [0.15, 0.2) is 36.4 Å². The molecule has 34 heavy (non-hydrogen) atoms. The van der Waals surface area contributed by atoms with Crippen LogP contribution in [0.3, 0.4) is 0 Å². The second kappa shape index (κ2) is 10.1. The molecule has 2 fully saturated rings. The molecule has 3 unspecified atom stereocenters. The lowest BCUT2D eigenvalue weighted by Crippen LogP contribution is -2.56. The Hall–Kier alpha value is -2.29. The molecule has 1 aliphatic heterocycles. The van der Waals surface area contributed by atoms with Gasteiger partial charge >= 0.3 is 0 Å². The largest absolute Gasteiger partial charge is 0.382 e. The Labute approximate surface area is 206 Å². The van der Waals surface area contributed by atoms with Crippen molar-refractivity contribution in [2.75, 3.05) is 11.9 Å². The molecule has 3 heteroatoms. The molecule has 1 saturated carbocycles. The maximum atomic E-state index is 14.1. The number of carbonyl (C=O) groups is 1. The van der Waals surface area contributed by atoms with Crippen LogP contribution in [0.1, 0.15) is 90.9 Å². The molecule has 0 bridgehead atoms. The third kappa shape index (κ3) is 4.63. The summed E-state index contributed by atoms with van der Waals surface area (Å²) in [5.74, 6) is 1.37. The maximum Gasteiger partial charge on any atom is 0.254 e. The van der Waals surface area contributed by atoms with Crippen LogP contribution in [0.4, 0.5) is 5.69 Å². The van der Waals surface area contributed by atoms with Crippen LogP contribution in [0, 0.1) is 25.7 Å². The Morgan fingerprint density at radius 3 is 2.41 bits per heavy atom. The van der Waals surface area contributed by atoms with Gasteiger partial charge in [0.2, 0.25) is 0 Å². The topological polar surface area (TPSA) is 32.3 Å². The van der Waals surface area contributed by atoms with Crippen LogP contribution in [-0.2, 0) is 12.8 Å². The number of hydrogen-bond donors (Lipinski definition) is 1. The number of carbonyl (C=O) groups excluding carboxylic acids is 1. The molecular weight excluding hydrogens is 416 g/mol.